The zero-order valence-corrected chi connectivity index (χ0v) is 20.5. The summed E-state index contributed by atoms with van der Waals surface area (Å²) in [5.41, 5.74) is 7.84. The molecule has 0 aliphatic rings. The fourth-order valence-electron chi connectivity index (χ4n) is 3.64. The van der Waals surface area contributed by atoms with Crippen molar-refractivity contribution in [2.24, 2.45) is 5.73 Å². The molecule has 6 nitrogen and oxygen atoms in total. The second kappa shape index (κ2) is 10.8. The van der Waals surface area contributed by atoms with Crippen molar-refractivity contribution in [3.8, 4) is 5.75 Å². The Bertz CT molecular complexity index is 1170. The second-order valence-electron chi connectivity index (χ2n) is 9.17. The molecular formula is C27H31NO5S. The van der Waals surface area contributed by atoms with E-state index in [1.54, 1.807) is 42.5 Å². The first-order valence-electron chi connectivity index (χ1n) is 11.1. The Kier molecular flexibility index (Phi) is 8.12. The van der Waals surface area contributed by atoms with Gasteiger partial charge < -0.3 is 14.7 Å². The smallest absolute Gasteiger partial charge is 0.339 e. The average molecular weight is 482 g/mol. The number of benzene rings is 3. The van der Waals surface area contributed by atoms with Crippen molar-refractivity contribution >= 4 is 16.1 Å². The summed E-state index contributed by atoms with van der Waals surface area (Å²) < 4.78 is 35.8. The van der Waals surface area contributed by atoms with Crippen LogP contribution in [0.4, 0.5) is 0 Å². The third kappa shape index (κ3) is 7.43. The number of carbonyl (C=O) groups is 1. The Hall–Kier alpha value is -3.16. The zero-order valence-electron chi connectivity index (χ0n) is 19.7. The van der Waals surface area contributed by atoms with Crippen LogP contribution in [0.5, 0.6) is 5.75 Å². The van der Waals surface area contributed by atoms with Crippen LogP contribution < -0.4 is 9.92 Å². The standard InChI is InChI=1S/C27H31NO5S/c1-27(2,3)32-26(29)19-24(25(28)18-20-10-6-4-7-11-20)21-14-16-22(17-15-21)33-34(30,31)23-12-8-5-9-13-23/h4-17,24-25H,18-19,28H2,1-3H3. The Labute approximate surface area is 201 Å². The number of hydrogen-bond acceptors (Lipinski definition) is 6. The molecule has 0 fully saturated rings. The summed E-state index contributed by atoms with van der Waals surface area (Å²) in [5, 5.41) is 0. The highest BCUT2D eigenvalue weighted by Gasteiger charge is 2.27. The number of nitrogens with two attached hydrogens (primary N) is 1. The highest BCUT2D eigenvalue weighted by atomic mass is 32.2. The number of rotatable bonds is 9. The zero-order chi connectivity index (χ0) is 24.8. The minimum Gasteiger partial charge on any atom is -0.460 e. The molecular weight excluding hydrogens is 450 g/mol. The van der Waals surface area contributed by atoms with Crippen LogP contribution >= 0.6 is 0 Å². The maximum atomic E-state index is 12.6. The van der Waals surface area contributed by atoms with Gasteiger partial charge in [0.05, 0.1) is 6.42 Å². The normalized spacial score (nSPS) is 13.6. The van der Waals surface area contributed by atoms with E-state index in [9.17, 15) is 13.2 Å². The van der Waals surface area contributed by atoms with E-state index >= 15 is 0 Å². The van der Waals surface area contributed by atoms with Crippen molar-refractivity contribution in [1.82, 2.24) is 0 Å². The summed E-state index contributed by atoms with van der Waals surface area (Å²) in [6, 6.07) is 24.1. The molecule has 0 spiro atoms. The molecule has 0 saturated carbocycles. The summed E-state index contributed by atoms with van der Waals surface area (Å²) in [7, 11) is -3.94. The Morgan fingerprint density at radius 3 is 2.00 bits per heavy atom. The van der Waals surface area contributed by atoms with Gasteiger partial charge >= 0.3 is 16.1 Å². The first-order chi connectivity index (χ1) is 16.0. The molecule has 180 valence electrons. The Balaban J connectivity index is 1.81. The van der Waals surface area contributed by atoms with Crippen molar-refractivity contribution in [2.45, 2.75) is 56.1 Å². The molecule has 3 aromatic rings. The molecule has 3 rings (SSSR count). The van der Waals surface area contributed by atoms with E-state index in [0.717, 1.165) is 11.1 Å². The SMILES string of the molecule is CC(C)(C)OC(=O)CC(c1ccc(OS(=O)(=O)c2ccccc2)cc1)C(N)Cc1ccccc1. The van der Waals surface area contributed by atoms with Crippen molar-refractivity contribution in [2.75, 3.05) is 0 Å². The number of carbonyl (C=O) groups excluding carboxylic acids is 1. The number of esters is 1. The van der Waals surface area contributed by atoms with E-state index in [-0.39, 0.29) is 35.0 Å². The minimum absolute atomic E-state index is 0.0757. The van der Waals surface area contributed by atoms with Crippen LogP contribution in [0, 0.1) is 0 Å². The molecule has 0 bridgehead atoms. The second-order valence-corrected chi connectivity index (χ2v) is 10.7. The minimum atomic E-state index is -3.94. The molecule has 0 heterocycles. The van der Waals surface area contributed by atoms with Gasteiger partial charge in [0, 0.05) is 12.0 Å². The quantitative estimate of drug-likeness (QED) is 0.347. The predicted molar refractivity (Wildman–Crippen MR) is 132 cm³/mol. The van der Waals surface area contributed by atoms with Gasteiger partial charge in [0.25, 0.3) is 0 Å². The fraction of sp³-hybridized carbons (Fsp3) is 0.296. The molecule has 0 aromatic heterocycles. The van der Waals surface area contributed by atoms with E-state index in [1.165, 1.54) is 12.1 Å². The summed E-state index contributed by atoms with van der Waals surface area (Å²) in [5.74, 6) is -0.483. The maximum absolute atomic E-state index is 12.6. The summed E-state index contributed by atoms with van der Waals surface area (Å²) in [6.07, 6.45) is 0.683. The molecule has 2 atom stereocenters. The third-order valence-corrected chi connectivity index (χ3v) is 6.45. The Morgan fingerprint density at radius 2 is 1.44 bits per heavy atom. The summed E-state index contributed by atoms with van der Waals surface area (Å²) in [4.78, 5) is 12.7. The van der Waals surface area contributed by atoms with Gasteiger partial charge in [-0.1, -0.05) is 60.7 Å². The third-order valence-electron chi connectivity index (χ3n) is 5.18. The lowest BCUT2D eigenvalue weighted by atomic mass is 9.85. The molecule has 7 heteroatoms. The van der Waals surface area contributed by atoms with E-state index in [4.69, 9.17) is 14.7 Å². The van der Waals surface area contributed by atoms with E-state index in [0.29, 0.717) is 6.42 Å². The monoisotopic (exact) mass is 481 g/mol. The van der Waals surface area contributed by atoms with Gasteiger partial charge in [0.15, 0.2) is 0 Å². The molecule has 0 amide bonds. The van der Waals surface area contributed by atoms with Crippen molar-refractivity contribution in [3.63, 3.8) is 0 Å². The van der Waals surface area contributed by atoms with Gasteiger partial charge in [0.2, 0.25) is 0 Å². The van der Waals surface area contributed by atoms with Crippen LogP contribution in [0.1, 0.15) is 44.2 Å². The van der Waals surface area contributed by atoms with Crippen molar-refractivity contribution in [3.05, 3.63) is 96.1 Å². The average Bonchev–Trinajstić information content (AvgIpc) is 2.78. The van der Waals surface area contributed by atoms with Gasteiger partial charge in [-0.15, -0.1) is 0 Å². The van der Waals surface area contributed by atoms with Gasteiger partial charge in [-0.3, -0.25) is 4.79 Å². The molecule has 2 N–H and O–H groups in total. The van der Waals surface area contributed by atoms with Crippen LogP contribution in [0.25, 0.3) is 0 Å². The lowest BCUT2D eigenvalue weighted by molar-refractivity contribution is -0.155. The van der Waals surface area contributed by atoms with Crippen LogP contribution in [0.15, 0.2) is 89.8 Å². The van der Waals surface area contributed by atoms with E-state index in [1.807, 2.05) is 51.1 Å². The molecule has 34 heavy (non-hydrogen) atoms. The van der Waals surface area contributed by atoms with Gasteiger partial charge in [-0.2, -0.15) is 8.42 Å². The lowest BCUT2D eigenvalue weighted by Gasteiger charge is -2.26. The summed E-state index contributed by atoms with van der Waals surface area (Å²) in [6.45, 7) is 5.47. The van der Waals surface area contributed by atoms with E-state index in [2.05, 4.69) is 0 Å². The Morgan fingerprint density at radius 1 is 0.882 bits per heavy atom. The van der Waals surface area contributed by atoms with Crippen LogP contribution in [-0.2, 0) is 26.1 Å². The van der Waals surface area contributed by atoms with Gasteiger partial charge in [-0.05, 0) is 62.6 Å². The van der Waals surface area contributed by atoms with Gasteiger partial charge in [0.1, 0.15) is 16.2 Å². The molecule has 0 aliphatic carbocycles. The maximum Gasteiger partial charge on any atom is 0.339 e. The van der Waals surface area contributed by atoms with Crippen LogP contribution in [0.2, 0.25) is 0 Å². The van der Waals surface area contributed by atoms with E-state index < -0.39 is 15.7 Å². The topological polar surface area (TPSA) is 95.7 Å². The lowest BCUT2D eigenvalue weighted by Crippen LogP contribution is -2.34. The fourth-order valence-corrected chi connectivity index (χ4v) is 4.59. The van der Waals surface area contributed by atoms with Crippen LogP contribution in [0.3, 0.4) is 0 Å². The first kappa shape index (κ1) is 25.5. The highest BCUT2D eigenvalue weighted by Crippen LogP contribution is 2.29. The summed E-state index contributed by atoms with van der Waals surface area (Å²) >= 11 is 0. The van der Waals surface area contributed by atoms with Crippen molar-refractivity contribution < 1.29 is 22.1 Å². The molecule has 0 saturated heterocycles. The predicted octanol–water partition coefficient (Wildman–Crippen LogP) is 4.84. The van der Waals surface area contributed by atoms with Gasteiger partial charge in [-0.25, -0.2) is 0 Å². The first-order valence-corrected chi connectivity index (χ1v) is 12.6. The highest BCUT2D eigenvalue weighted by molar-refractivity contribution is 7.87. The molecule has 0 radical (unpaired) electrons. The number of hydrogen-bond donors (Lipinski definition) is 1. The largest absolute Gasteiger partial charge is 0.460 e. The number of ether oxygens (including phenoxy) is 1. The molecule has 0 aliphatic heterocycles. The van der Waals surface area contributed by atoms with Crippen molar-refractivity contribution in [1.29, 1.82) is 0 Å². The van der Waals surface area contributed by atoms with Crippen LogP contribution in [-0.4, -0.2) is 26.0 Å². The molecule has 2 unspecified atom stereocenters. The molecule has 3 aromatic carbocycles.